The molecule has 10 rings (SSSR count). The van der Waals surface area contributed by atoms with Gasteiger partial charge in [-0.1, -0.05) is 168 Å². The van der Waals surface area contributed by atoms with E-state index in [2.05, 4.69) is 214 Å². The first-order chi connectivity index (χ1) is 27.4. The van der Waals surface area contributed by atoms with Crippen molar-refractivity contribution >= 4 is 69.7 Å². The molecule has 0 spiro atoms. The van der Waals surface area contributed by atoms with Crippen LogP contribution >= 0.6 is 19.7 Å². The zero-order valence-electron chi connectivity index (χ0n) is 40.0. The minimum Gasteiger partial charge on any atom is -0.308 e. The van der Waals surface area contributed by atoms with Crippen molar-refractivity contribution in [2.75, 3.05) is 9.80 Å². The Labute approximate surface area is 367 Å². The van der Waals surface area contributed by atoms with Gasteiger partial charge in [0.05, 0.1) is 34.1 Å². The molecule has 0 fully saturated rings. The molecule has 0 N–H and O–H groups in total. The van der Waals surface area contributed by atoms with Gasteiger partial charge >= 0.3 is 0 Å². The number of benzene rings is 5. The molecule has 0 atom stereocenters. The summed E-state index contributed by atoms with van der Waals surface area (Å²) in [5.74, 6) is 0. The van der Waals surface area contributed by atoms with Crippen LogP contribution in [-0.2, 0) is 37.9 Å². The van der Waals surface area contributed by atoms with Crippen molar-refractivity contribution in [2.45, 2.75) is 179 Å². The first-order valence-corrected chi connectivity index (χ1v) is 24.6. The van der Waals surface area contributed by atoms with Crippen LogP contribution in [-0.4, -0.2) is 0 Å². The predicted molar refractivity (Wildman–Crippen MR) is 264 cm³/mol. The largest absolute Gasteiger partial charge is 0.308 e. The minimum absolute atomic E-state index is 0.0400. The second-order valence-electron chi connectivity index (χ2n) is 24.9. The maximum atomic E-state index is 2.78. The molecule has 0 aromatic heterocycles. The highest BCUT2D eigenvalue weighted by Gasteiger charge is 2.55. The fourth-order valence-electron chi connectivity index (χ4n) is 11.2. The Morgan fingerprint density at radius 2 is 0.783 bits per heavy atom. The van der Waals surface area contributed by atoms with Gasteiger partial charge in [-0.2, -0.15) is 0 Å². The maximum absolute atomic E-state index is 2.78. The SMILES string of the molecule is CC(C)(C)c1cc2c3c(c1)N1c4ccc(C(C)(C)C)cc4C(C)(C)c4c(C(C)(C)C)cc5c(c41)P3c1c(cc(C(C)(C)C)c3c1N2c1ccc(C(C)(C)C)cc1C3(C)C)S5. The summed E-state index contributed by atoms with van der Waals surface area (Å²) in [6.07, 6.45) is 0. The Kier molecular flexibility index (Phi) is 7.93. The molecular formula is C56H67N2PS. The number of anilines is 6. The van der Waals surface area contributed by atoms with E-state index in [-0.39, 0.29) is 37.9 Å². The highest BCUT2D eigenvalue weighted by Crippen LogP contribution is 2.69. The summed E-state index contributed by atoms with van der Waals surface area (Å²) in [5.41, 5.74) is 21.0. The van der Waals surface area contributed by atoms with Crippen molar-refractivity contribution in [3.8, 4) is 0 Å². The summed E-state index contributed by atoms with van der Waals surface area (Å²) in [6.45, 7) is 46.1. The molecule has 5 aliphatic heterocycles. The Balaban J connectivity index is 1.43. The molecule has 5 aliphatic rings. The van der Waals surface area contributed by atoms with E-state index >= 15 is 0 Å². The third-order valence-corrected chi connectivity index (χ3v) is 18.7. The van der Waals surface area contributed by atoms with Gasteiger partial charge in [-0.3, -0.25) is 0 Å². The Bertz CT molecular complexity index is 2590. The van der Waals surface area contributed by atoms with Gasteiger partial charge in [0.2, 0.25) is 0 Å². The summed E-state index contributed by atoms with van der Waals surface area (Å²) in [7, 11) is -0.893. The summed E-state index contributed by atoms with van der Waals surface area (Å²) >= 11 is 2.06. The monoisotopic (exact) mass is 830 g/mol. The van der Waals surface area contributed by atoms with Crippen LogP contribution in [0.5, 0.6) is 0 Å². The van der Waals surface area contributed by atoms with Crippen LogP contribution in [0.2, 0.25) is 0 Å². The second kappa shape index (κ2) is 11.7. The molecule has 0 amide bonds. The van der Waals surface area contributed by atoms with Crippen molar-refractivity contribution in [3.63, 3.8) is 0 Å². The van der Waals surface area contributed by atoms with E-state index in [1.165, 1.54) is 99.3 Å². The standard InChI is InChI=1S/C56H67N2PS/c1-50(2,3)30-20-22-37-33(24-30)55(16,17)43-35(53(10,11)12)28-41-48-45(43)57(37)39-26-32(52(7,8)9)27-40-47(39)59(48)49-42(60-41)29-36(54(13,14)15)44-46(49)58(40)38-23-21-31(51(4,5)6)25-34(38)56(44,18)19/h20-29H,1-19H3. The minimum atomic E-state index is -0.893. The van der Waals surface area contributed by atoms with E-state index in [0.29, 0.717) is 0 Å². The van der Waals surface area contributed by atoms with Gasteiger partial charge < -0.3 is 9.80 Å². The lowest BCUT2D eigenvalue weighted by Crippen LogP contribution is -2.49. The number of rotatable bonds is 0. The first kappa shape index (κ1) is 40.5. The van der Waals surface area contributed by atoms with Crippen molar-refractivity contribution in [1.29, 1.82) is 0 Å². The van der Waals surface area contributed by atoms with Gasteiger partial charge in [-0.05, 0) is 121 Å². The van der Waals surface area contributed by atoms with Gasteiger partial charge in [0.15, 0.2) is 0 Å². The molecule has 5 aromatic rings. The second-order valence-corrected chi connectivity index (χ2v) is 28.0. The highest BCUT2D eigenvalue weighted by atomic mass is 32.2. The zero-order valence-corrected chi connectivity index (χ0v) is 41.7. The maximum Gasteiger partial charge on any atom is 0.0600 e. The molecule has 312 valence electrons. The lowest BCUT2D eigenvalue weighted by Gasteiger charge is -2.56. The van der Waals surface area contributed by atoms with Crippen molar-refractivity contribution < 1.29 is 0 Å². The van der Waals surface area contributed by atoms with Crippen LogP contribution in [0.25, 0.3) is 0 Å². The lowest BCUT2D eigenvalue weighted by atomic mass is 9.66. The molecule has 60 heavy (non-hydrogen) atoms. The molecule has 0 bridgehead atoms. The fourth-order valence-corrected chi connectivity index (χ4v) is 15.9. The molecule has 0 unspecified atom stereocenters. The van der Waals surface area contributed by atoms with Gasteiger partial charge in [0.25, 0.3) is 0 Å². The Hall–Kier alpha value is -3.52. The molecule has 0 aliphatic carbocycles. The molecule has 2 nitrogen and oxygen atoms in total. The summed E-state index contributed by atoms with van der Waals surface area (Å²) in [5, 5.41) is 4.69. The number of hydrogen-bond donors (Lipinski definition) is 0. The van der Waals surface area contributed by atoms with Crippen LogP contribution in [0.3, 0.4) is 0 Å². The molecule has 5 aromatic carbocycles. The van der Waals surface area contributed by atoms with E-state index in [9.17, 15) is 0 Å². The average Bonchev–Trinajstić information content (AvgIpc) is 3.11. The normalized spacial score (nSPS) is 18.0. The van der Waals surface area contributed by atoms with Crippen LogP contribution in [0.4, 0.5) is 34.1 Å². The lowest BCUT2D eigenvalue weighted by molar-refractivity contribution is 0.541. The Morgan fingerprint density at radius 3 is 1.12 bits per heavy atom. The van der Waals surface area contributed by atoms with Crippen LogP contribution in [0.15, 0.2) is 70.5 Å². The number of hydrogen-bond acceptors (Lipinski definition) is 3. The van der Waals surface area contributed by atoms with Crippen molar-refractivity contribution in [2.24, 2.45) is 0 Å². The first-order valence-electron chi connectivity index (χ1n) is 22.5. The average molecular weight is 831 g/mol. The van der Waals surface area contributed by atoms with Gasteiger partial charge in [-0.25, -0.2) is 0 Å². The van der Waals surface area contributed by atoms with Gasteiger partial charge in [0, 0.05) is 36.5 Å². The molecule has 0 saturated heterocycles. The van der Waals surface area contributed by atoms with E-state index in [4.69, 9.17) is 0 Å². The zero-order chi connectivity index (χ0) is 43.6. The van der Waals surface area contributed by atoms with Crippen molar-refractivity contribution in [3.05, 3.63) is 111 Å². The van der Waals surface area contributed by atoms with Gasteiger partial charge in [-0.15, -0.1) is 0 Å². The molecule has 0 radical (unpaired) electrons. The van der Waals surface area contributed by atoms with Crippen LogP contribution < -0.4 is 25.7 Å². The van der Waals surface area contributed by atoms with Crippen molar-refractivity contribution in [1.82, 2.24) is 0 Å². The predicted octanol–water partition coefficient (Wildman–Crippen LogP) is 15.2. The molecule has 5 heterocycles. The highest BCUT2D eigenvalue weighted by molar-refractivity contribution is 8.02. The third kappa shape index (κ3) is 5.24. The smallest absolute Gasteiger partial charge is 0.0600 e. The van der Waals surface area contributed by atoms with Gasteiger partial charge in [0.1, 0.15) is 0 Å². The van der Waals surface area contributed by atoms with E-state index in [1.807, 2.05) is 0 Å². The quantitative estimate of drug-likeness (QED) is 0.141. The van der Waals surface area contributed by atoms with Crippen LogP contribution in [0, 0.1) is 0 Å². The molecule has 0 saturated carbocycles. The van der Waals surface area contributed by atoms with E-state index in [0.717, 1.165) is 0 Å². The summed E-state index contributed by atoms with van der Waals surface area (Å²) < 4.78 is 0. The third-order valence-electron chi connectivity index (χ3n) is 14.7. The molecular weight excluding hydrogens is 764 g/mol. The number of nitrogens with zero attached hydrogens (tertiary/aromatic N) is 2. The summed E-state index contributed by atoms with van der Waals surface area (Å²) in [4.78, 5) is 8.48. The van der Waals surface area contributed by atoms with E-state index < -0.39 is 7.92 Å². The van der Waals surface area contributed by atoms with Crippen LogP contribution in [0.1, 0.15) is 182 Å². The summed E-state index contributed by atoms with van der Waals surface area (Å²) in [6, 6.07) is 25.5. The number of fused-ring (bicyclic) bond motifs is 6. The fraction of sp³-hybridized carbons (Fsp3) is 0.464. The van der Waals surface area contributed by atoms with E-state index in [1.54, 1.807) is 10.6 Å². The molecule has 4 heteroatoms. The Morgan fingerprint density at radius 1 is 0.417 bits per heavy atom. The topological polar surface area (TPSA) is 6.48 Å².